The molecule has 0 spiro atoms. The Kier molecular flexibility index (Phi) is 5.92. The maximum atomic E-state index is 10.7. The van der Waals surface area contributed by atoms with Crippen molar-refractivity contribution in [2.75, 3.05) is 0 Å². The lowest BCUT2D eigenvalue weighted by Crippen LogP contribution is -2.09. The molecule has 0 fully saturated rings. The Morgan fingerprint density at radius 3 is 2.46 bits per heavy atom. The second-order valence-corrected chi connectivity index (χ2v) is 2.49. The summed E-state index contributed by atoms with van der Waals surface area (Å²) in [6, 6.07) is 0. The first-order chi connectivity index (χ1) is 6.10. The summed E-state index contributed by atoms with van der Waals surface area (Å²) < 4.78 is 4.54. The Morgan fingerprint density at radius 2 is 2.00 bits per heavy atom. The lowest BCUT2D eigenvalue weighted by Gasteiger charge is -2.04. The van der Waals surface area contributed by atoms with Crippen LogP contribution in [0.3, 0.4) is 0 Å². The lowest BCUT2D eigenvalue weighted by atomic mass is 10.5. The van der Waals surface area contributed by atoms with Gasteiger partial charge in [0.15, 0.2) is 5.56 Å². The van der Waals surface area contributed by atoms with Crippen molar-refractivity contribution < 1.29 is 24.5 Å². The van der Waals surface area contributed by atoms with Crippen molar-refractivity contribution in [3.8, 4) is 0 Å². The average Bonchev–Trinajstić information content (AvgIpc) is 2.13. The molecule has 1 unspecified atom stereocenters. The molecule has 0 saturated carbocycles. The van der Waals surface area contributed by atoms with Crippen LogP contribution < -0.4 is 0 Å². The van der Waals surface area contributed by atoms with Gasteiger partial charge in [-0.25, -0.2) is 9.59 Å². The Bertz CT molecular complexity index is 213. The zero-order valence-corrected chi connectivity index (χ0v) is 7.65. The molecule has 1 N–H and O–H groups in total. The quantitative estimate of drug-likeness (QED) is 0.246. The molecule has 6 heteroatoms. The fraction of sp³-hybridized carbons (Fsp3) is 0.429. The number of alkyl halides is 1. The van der Waals surface area contributed by atoms with E-state index in [4.69, 9.17) is 16.9 Å². The molecule has 0 aromatic rings. The predicted molar refractivity (Wildman–Crippen MR) is 43.9 cm³/mol. The third-order valence-electron chi connectivity index (χ3n) is 1.01. The highest BCUT2D eigenvalue weighted by atomic mass is 35.5. The van der Waals surface area contributed by atoms with E-state index < -0.39 is 17.5 Å². The van der Waals surface area contributed by atoms with E-state index in [1.54, 1.807) is 6.92 Å². The first kappa shape index (κ1) is 11.9. The smallest absolute Gasteiger partial charge is 0.365 e. The van der Waals surface area contributed by atoms with Gasteiger partial charge in [0.1, 0.15) is 0 Å². The largest absolute Gasteiger partial charge is 0.443 e. The van der Waals surface area contributed by atoms with Gasteiger partial charge in [0.2, 0.25) is 0 Å². The van der Waals surface area contributed by atoms with Crippen LogP contribution in [0, 0.1) is 0 Å². The van der Waals surface area contributed by atoms with E-state index in [0.29, 0.717) is 6.42 Å². The molecule has 0 aliphatic heterocycles. The molecule has 0 rings (SSSR count). The molecule has 0 aromatic heterocycles. The average molecular weight is 209 g/mol. The summed E-state index contributed by atoms with van der Waals surface area (Å²) in [7, 11) is 0. The van der Waals surface area contributed by atoms with Crippen molar-refractivity contribution in [1.29, 1.82) is 0 Å². The third kappa shape index (κ3) is 6.12. The molecule has 0 heterocycles. The van der Waals surface area contributed by atoms with Crippen molar-refractivity contribution in [2.45, 2.75) is 18.9 Å². The zero-order valence-electron chi connectivity index (χ0n) is 6.90. The number of halogens is 1. The number of ether oxygens (including phenoxy) is 1. The van der Waals surface area contributed by atoms with Gasteiger partial charge in [0.25, 0.3) is 0 Å². The summed E-state index contributed by atoms with van der Waals surface area (Å²) in [4.78, 5) is 24.3. The molecule has 0 bridgehead atoms. The van der Waals surface area contributed by atoms with Gasteiger partial charge in [-0.05, 0) is 6.42 Å². The van der Waals surface area contributed by atoms with Crippen LogP contribution in [0.15, 0.2) is 12.2 Å². The number of esters is 1. The SMILES string of the molecule is CCC(Cl)OC(=O)/C=C\C(=O)OO. The summed E-state index contributed by atoms with van der Waals surface area (Å²) >= 11 is 5.47. The zero-order chi connectivity index (χ0) is 10.3. The number of hydrogen-bond acceptors (Lipinski definition) is 5. The van der Waals surface area contributed by atoms with Crippen molar-refractivity contribution >= 4 is 23.5 Å². The normalized spacial score (nSPS) is 12.5. The van der Waals surface area contributed by atoms with Crippen LogP contribution in [0.1, 0.15) is 13.3 Å². The van der Waals surface area contributed by atoms with Crippen LogP contribution in [0.2, 0.25) is 0 Å². The van der Waals surface area contributed by atoms with Gasteiger partial charge in [-0.3, -0.25) is 4.89 Å². The second kappa shape index (κ2) is 6.45. The first-order valence-corrected chi connectivity index (χ1v) is 3.92. The minimum atomic E-state index is -1.06. The Balaban J connectivity index is 3.87. The van der Waals surface area contributed by atoms with E-state index in [1.165, 1.54) is 0 Å². The Labute approximate surface area is 79.8 Å². The van der Waals surface area contributed by atoms with Crippen LogP contribution in [0.4, 0.5) is 0 Å². The predicted octanol–water partition coefficient (Wildman–Crippen LogP) is 1.08. The van der Waals surface area contributed by atoms with E-state index >= 15 is 0 Å². The van der Waals surface area contributed by atoms with Gasteiger partial charge in [-0.15, -0.1) is 0 Å². The van der Waals surface area contributed by atoms with Crippen LogP contribution in [0.25, 0.3) is 0 Å². The summed E-state index contributed by atoms with van der Waals surface area (Å²) in [5.74, 6) is -1.83. The van der Waals surface area contributed by atoms with Gasteiger partial charge in [0.05, 0.1) is 0 Å². The molecular weight excluding hydrogens is 200 g/mol. The summed E-state index contributed by atoms with van der Waals surface area (Å²) in [5, 5.41) is 7.80. The standard InChI is InChI=1S/C7H9ClO5/c1-2-5(8)12-6(9)3-4-7(10)13-11/h3-5,11H,2H2,1H3/b4-3-. The highest BCUT2D eigenvalue weighted by Crippen LogP contribution is 2.03. The molecule has 0 aromatic carbocycles. The molecule has 0 aliphatic rings. The highest BCUT2D eigenvalue weighted by molar-refractivity contribution is 6.20. The van der Waals surface area contributed by atoms with Crippen LogP contribution in [-0.2, 0) is 19.2 Å². The van der Waals surface area contributed by atoms with Gasteiger partial charge >= 0.3 is 11.9 Å². The molecule has 0 saturated heterocycles. The molecule has 0 amide bonds. The molecule has 1 atom stereocenters. The minimum absolute atomic E-state index is 0.464. The Morgan fingerprint density at radius 1 is 1.46 bits per heavy atom. The van der Waals surface area contributed by atoms with E-state index in [-0.39, 0.29) is 0 Å². The van der Waals surface area contributed by atoms with Crippen molar-refractivity contribution in [3.63, 3.8) is 0 Å². The van der Waals surface area contributed by atoms with E-state index in [9.17, 15) is 9.59 Å². The first-order valence-electron chi connectivity index (χ1n) is 3.48. The maximum absolute atomic E-state index is 10.7. The molecule has 0 aliphatic carbocycles. The van der Waals surface area contributed by atoms with E-state index in [2.05, 4.69) is 9.62 Å². The Hall–Kier alpha value is -1.07. The van der Waals surface area contributed by atoms with Gasteiger partial charge < -0.3 is 4.74 Å². The minimum Gasteiger partial charge on any atom is -0.443 e. The fourth-order valence-electron chi connectivity index (χ4n) is 0.415. The lowest BCUT2D eigenvalue weighted by molar-refractivity contribution is -0.228. The topological polar surface area (TPSA) is 72.8 Å². The van der Waals surface area contributed by atoms with Gasteiger partial charge in [0, 0.05) is 12.2 Å². The number of hydrogen-bond donors (Lipinski definition) is 1. The number of carbonyl (C=O) groups is 2. The van der Waals surface area contributed by atoms with E-state index in [1.807, 2.05) is 0 Å². The van der Waals surface area contributed by atoms with E-state index in [0.717, 1.165) is 12.2 Å². The second-order valence-electron chi connectivity index (χ2n) is 2.00. The fourth-order valence-corrected chi connectivity index (χ4v) is 0.503. The van der Waals surface area contributed by atoms with Gasteiger partial charge in [-0.1, -0.05) is 18.5 Å². The molecule has 74 valence electrons. The van der Waals surface area contributed by atoms with Crippen molar-refractivity contribution in [1.82, 2.24) is 0 Å². The molecule has 0 radical (unpaired) electrons. The summed E-state index contributed by atoms with van der Waals surface area (Å²) in [6.45, 7) is 1.73. The van der Waals surface area contributed by atoms with Crippen LogP contribution in [0.5, 0.6) is 0 Å². The third-order valence-corrected chi connectivity index (χ3v) is 1.41. The van der Waals surface area contributed by atoms with Crippen molar-refractivity contribution in [3.05, 3.63) is 12.2 Å². The van der Waals surface area contributed by atoms with Crippen LogP contribution in [-0.4, -0.2) is 22.8 Å². The molecule has 13 heavy (non-hydrogen) atoms. The molecular formula is C7H9ClO5. The van der Waals surface area contributed by atoms with Crippen LogP contribution >= 0.6 is 11.6 Å². The van der Waals surface area contributed by atoms with Gasteiger partial charge in [-0.2, -0.15) is 5.26 Å². The summed E-state index contributed by atoms with van der Waals surface area (Å²) in [6.07, 6.45) is 2.00. The summed E-state index contributed by atoms with van der Waals surface area (Å²) in [5.41, 5.74) is -0.720. The number of rotatable bonds is 4. The maximum Gasteiger partial charge on any atom is 0.365 e. The molecule has 5 nitrogen and oxygen atoms in total. The highest BCUT2D eigenvalue weighted by Gasteiger charge is 2.06. The monoisotopic (exact) mass is 208 g/mol. The van der Waals surface area contributed by atoms with Crippen molar-refractivity contribution in [2.24, 2.45) is 0 Å². The number of carbonyl (C=O) groups excluding carboxylic acids is 2.